The number of aromatic nitrogens is 1. The van der Waals surface area contributed by atoms with E-state index in [4.69, 9.17) is 9.47 Å². The maximum Gasteiger partial charge on any atom is 0.343 e. The molecule has 0 aliphatic rings. The van der Waals surface area contributed by atoms with Crippen molar-refractivity contribution in [3.05, 3.63) is 54.7 Å². The van der Waals surface area contributed by atoms with E-state index in [1.165, 1.54) is 31.4 Å². The number of benzene rings is 2. The average molecular weight is 418 g/mol. The van der Waals surface area contributed by atoms with Gasteiger partial charge in [0.15, 0.2) is 6.61 Å². The van der Waals surface area contributed by atoms with Crippen molar-refractivity contribution in [2.24, 2.45) is 0 Å². The van der Waals surface area contributed by atoms with Crippen LogP contribution in [0.1, 0.15) is 0 Å². The highest BCUT2D eigenvalue weighted by atomic mass is 32.2. The Morgan fingerprint density at radius 2 is 1.83 bits per heavy atom. The molecular formula is C20H22N2O6S. The third-order valence-electron chi connectivity index (χ3n) is 4.28. The summed E-state index contributed by atoms with van der Waals surface area (Å²) in [5.41, 5.74) is 1.46. The van der Waals surface area contributed by atoms with Gasteiger partial charge < -0.3 is 18.8 Å². The first kappa shape index (κ1) is 20.7. The van der Waals surface area contributed by atoms with Gasteiger partial charge in [-0.3, -0.25) is 4.72 Å². The summed E-state index contributed by atoms with van der Waals surface area (Å²) < 4.78 is 44.8. The van der Waals surface area contributed by atoms with E-state index in [0.29, 0.717) is 18.0 Å². The van der Waals surface area contributed by atoms with Gasteiger partial charge in [0.1, 0.15) is 5.75 Å². The van der Waals surface area contributed by atoms with Crippen LogP contribution in [0.3, 0.4) is 0 Å². The van der Waals surface area contributed by atoms with Crippen molar-refractivity contribution in [1.82, 2.24) is 4.57 Å². The molecule has 1 heterocycles. The van der Waals surface area contributed by atoms with Crippen LogP contribution in [0.2, 0.25) is 0 Å². The van der Waals surface area contributed by atoms with Gasteiger partial charge in [-0.1, -0.05) is 0 Å². The summed E-state index contributed by atoms with van der Waals surface area (Å²) in [6.45, 7) is 1.07. The Balaban J connectivity index is 1.72. The van der Waals surface area contributed by atoms with Crippen molar-refractivity contribution in [3.63, 3.8) is 0 Å². The van der Waals surface area contributed by atoms with Gasteiger partial charge in [0, 0.05) is 36.4 Å². The van der Waals surface area contributed by atoms with Crippen LogP contribution in [0.5, 0.6) is 5.75 Å². The topological polar surface area (TPSA) is 95.9 Å². The summed E-state index contributed by atoms with van der Waals surface area (Å²) in [5.74, 6) is -0.150. The first-order chi connectivity index (χ1) is 13.9. The van der Waals surface area contributed by atoms with Gasteiger partial charge >= 0.3 is 5.97 Å². The molecule has 9 heteroatoms. The molecule has 0 spiro atoms. The van der Waals surface area contributed by atoms with Crippen LogP contribution in [0.4, 0.5) is 5.69 Å². The number of nitrogens with zero attached hydrogens (tertiary/aromatic N) is 1. The fourth-order valence-corrected chi connectivity index (χ4v) is 3.83. The smallest absolute Gasteiger partial charge is 0.343 e. The highest BCUT2D eigenvalue weighted by Gasteiger charge is 2.15. The molecule has 0 saturated heterocycles. The third-order valence-corrected chi connectivity index (χ3v) is 5.68. The van der Waals surface area contributed by atoms with Crippen LogP contribution in [0, 0.1) is 0 Å². The van der Waals surface area contributed by atoms with E-state index in [1.807, 2.05) is 22.9 Å². The summed E-state index contributed by atoms with van der Waals surface area (Å²) in [6, 6.07) is 13.1. The second-order valence-corrected chi connectivity index (χ2v) is 7.90. The number of esters is 1. The van der Waals surface area contributed by atoms with Gasteiger partial charge in [-0.05, 0) is 48.5 Å². The molecule has 3 aromatic rings. The summed E-state index contributed by atoms with van der Waals surface area (Å²) in [4.78, 5) is 11.2. The largest absolute Gasteiger partial charge is 0.482 e. The Bertz CT molecular complexity index is 1090. The van der Waals surface area contributed by atoms with Gasteiger partial charge in [0.2, 0.25) is 0 Å². The van der Waals surface area contributed by atoms with Crippen LogP contribution >= 0.6 is 0 Å². The van der Waals surface area contributed by atoms with Crippen LogP contribution in [-0.2, 0) is 30.8 Å². The van der Waals surface area contributed by atoms with Crippen molar-refractivity contribution in [3.8, 4) is 5.75 Å². The number of anilines is 1. The monoisotopic (exact) mass is 418 g/mol. The van der Waals surface area contributed by atoms with Gasteiger partial charge in [-0.2, -0.15) is 0 Å². The molecular weight excluding hydrogens is 396 g/mol. The van der Waals surface area contributed by atoms with Gasteiger partial charge in [-0.15, -0.1) is 0 Å². The second-order valence-electron chi connectivity index (χ2n) is 6.22. The molecule has 0 saturated carbocycles. The lowest BCUT2D eigenvalue weighted by atomic mass is 10.2. The lowest BCUT2D eigenvalue weighted by Gasteiger charge is -2.10. The van der Waals surface area contributed by atoms with Gasteiger partial charge in [0.05, 0.1) is 18.6 Å². The molecule has 3 rings (SSSR count). The Morgan fingerprint density at radius 1 is 1.07 bits per heavy atom. The van der Waals surface area contributed by atoms with E-state index in [9.17, 15) is 13.2 Å². The average Bonchev–Trinajstić information content (AvgIpc) is 3.12. The molecule has 0 unspecified atom stereocenters. The van der Waals surface area contributed by atoms with Crippen LogP contribution < -0.4 is 9.46 Å². The number of sulfonamides is 1. The minimum atomic E-state index is -3.77. The number of fused-ring (bicyclic) bond motifs is 1. The van der Waals surface area contributed by atoms with Crippen molar-refractivity contribution in [1.29, 1.82) is 0 Å². The quantitative estimate of drug-likeness (QED) is 0.537. The van der Waals surface area contributed by atoms with E-state index in [2.05, 4.69) is 9.46 Å². The molecule has 0 atom stereocenters. The number of carbonyl (C=O) groups is 1. The number of carbonyl (C=O) groups excluding carboxylic acids is 1. The molecule has 0 aliphatic heterocycles. The summed E-state index contributed by atoms with van der Waals surface area (Å²) in [5, 5.41) is 0.924. The zero-order chi connectivity index (χ0) is 20.9. The molecule has 8 nitrogen and oxygen atoms in total. The Kier molecular flexibility index (Phi) is 6.40. The number of hydrogen-bond donors (Lipinski definition) is 1. The zero-order valence-corrected chi connectivity index (χ0v) is 16.9. The minimum absolute atomic E-state index is 0.0840. The SMILES string of the molecule is COCCn1ccc2cc(NS(=O)(=O)c3ccc(OCC(=O)OC)cc3)ccc21. The van der Waals surface area contributed by atoms with Crippen LogP contribution in [-0.4, -0.2) is 46.4 Å². The second kappa shape index (κ2) is 8.97. The molecule has 0 aliphatic carbocycles. The van der Waals surface area contributed by atoms with Crippen LogP contribution in [0.25, 0.3) is 10.9 Å². The number of nitrogens with one attached hydrogen (secondary N) is 1. The van der Waals surface area contributed by atoms with E-state index >= 15 is 0 Å². The molecule has 0 bridgehead atoms. The van der Waals surface area contributed by atoms with Gasteiger partial charge in [-0.25, -0.2) is 13.2 Å². The van der Waals surface area contributed by atoms with E-state index in [0.717, 1.165) is 17.4 Å². The highest BCUT2D eigenvalue weighted by Crippen LogP contribution is 2.24. The molecule has 154 valence electrons. The first-order valence-corrected chi connectivity index (χ1v) is 10.3. The van der Waals surface area contributed by atoms with Crippen molar-refractivity contribution in [2.45, 2.75) is 11.4 Å². The number of hydrogen-bond acceptors (Lipinski definition) is 6. The highest BCUT2D eigenvalue weighted by molar-refractivity contribution is 7.92. The Labute approximate surface area is 169 Å². The lowest BCUT2D eigenvalue weighted by molar-refractivity contribution is -0.142. The fraction of sp³-hybridized carbons (Fsp3) is 0.250. The zero-order valence-electron chi connectivity index (χ0n) is 16.1. The summed E-state index contributed by atoms with van der Waals surface area (Å²) >= 11 is 0. The maximum atomic E-state index is 12.7. The maximum absolute atomic E-state index is 12.7. The van der Waals surface area contributed by atoms with E-state index in [-0.39, 0.29) is 11.5 Å². The van der Waals surface area contributed by atoms with Crippen molar-refractivity contribution >= 4 is 32.6 Å². The molecule has 2 aromatic carbocycles. The fourth-order valence-electron chi connectivity index (χ4n) is 2.78. The van der Waals surface area contributed by atoms with Gasteiger partial charge in [0.25, 0.3) is 10.0 Å². The molecule has 0 amide bonds. The number of ether oxygens (including phenoxy) is 3. The predicted octanol–water partition coefficient (Wildman–Crippen LogP) is 2.64. The standard InChI is InChI=1S/C20H22N2O6S/c1-26-12-11-22-10-9-15-13-16(3-8-19(15)22)21-29(24,25)18-6-4-17(5-7-18)28-14-20(23)27-2/h3-10,13,21H,11-12,14H2,1-2H3. The Hall–Kier alpha value is -3.04. The Morgan fingerprint density at radius 3 is 2.52 bits per heavy atom. The van der Waals surface area contributed by atoms with E-state index < -0.39 is 16.0 Å². The van der Waals surface area contributed by atoms with Crippen LogP contribution in [0.15, 0.2) is 59.6 Å². The van der Waals surface area contributed by atoms with E-state index in [1.54, 1.807) is 19.2 Å². The number of methoxy groups -OCH3 is 2. The predicted molar refractivity (Wildman–Crippen MR) is 109 cm³/mol. The lowest BCUT2D eigenvalue weighted by Crippen LogP contribution is -2.14. The summed E-state index contributed by atoms with van der Waals surface area (Å²) in [7, 11) is -0.854. The molecule has 1 N–H and O–H groups in total. The summed E-state index contributed by atoms with van der Waals surface area (Å²) in [6.07, 6.45) is 1.94. The third kappa shape index (κ3) is 5.07. The molecule has 1 aromatic heterocycles. The number of rotatable bonds is 9. The normalized spacial score (nSPS) is 11.4. The molecule has 29 heavy (non-hydrogen) atoms. The van der Waals surface area contributed by atoms with Crippen molar-refractivity contribution < 1.29 is 27.4 Å². The molecule has 0 radical (unpaired) electrons. The van der Waals surface area contributed by atoms with Crippen molar-refractivity contribution in [2.75, 3.05) is 32.2 Å². The minimum Gasteiger partial charge on any atom is -0.482 e. The first-order valence-electron chi connectivity index (χ1n) is 8.83. The molecule has 0 fully saturated rings.